The minimum atomic E-state index is -0.263. The largest absolute Gasteiger partial charge is 0.456 e. The Morgan fingerprint density at radius 3 is 2.70 bits per heavy atom. The van der Waals surface area contributed by atoms with Crippen molar-refractivity contribution in [3.05, 3.63) is 53.6 Å². The molecule has 4 N–H and O–H groups in total. The normalized spacial score (nSPS) is 10.1. The average molecular weight is 272 g/mol. The number of amides is 1. The van der Waals surface area contributed by atoms with Gasteiger partial charge in [-0.05, 0) is 18.2 Å². The van der Waals surface area contributed by atoms with Crippen molar-refractivity contribution in [2.45, 2.75) is 6.61 Å². The number of nitrogens with two attached hydrogens (primary N) is 1. The predicted molar refractivity (Wildman–Crippen MR) is 76.7 cm³/mol. The minimum absolute atomic E-state index is 0.145. The summed E-state index contributed by atoms with van der Waals surface area (Å²) in [6.45, 7) is -0.145. The van der Waals surface area contributed by atoms with Gasteiger partial charge in [0.15, 0.2) is 0 Å². The topological polar surface area (TPSA) is 84.6 Å². The van der Waals surface area contributed by atoms with Gasteiger partial charge in [0, 0.05) is 24.4 Å². The van der Waals surface area contributed by atoms with Gasteiger partial charge in [-0.2, -0.15) is 0 Å². The molecule has 5 heteroatoms. The van der Waals surface area contributed by atoms with Gasteiger partial charge in [0.05, 0.1) is 12.2 Å². The Labute approximate surface area is 117 Å². The molecule has 0 fully saturated rings. The van der Waals surface area contributed by atoms with Gasteiger partial charge in [-0.25, -0.2) is 0 Å². The summed E-state index contributed by atoms with van der Waals surface area (Å²) in [4.78, 5) is 11.8. The van der Waals surface area contributed by atoms with Gasteiger partial charge >= 0.3 is 0 Å². The third-order valence-electron chi connectivity index (χ3n) is 2.84. The number of hydrogen-bond donors (Lipinski definition) is 3. The van der Waals surface area contributed by atoms with Crippen molar-refractivity contribution in [2.75, 3.05) is 12.8 Å². The fourth-order valence-corrected chi connectivity index (χ4v) is 1.80. The Kier molecular flexibility index (Phi) is 4.22. The predicted octanol–water partition coefficient (Wildman–Crippen LogP) is 1.91. The van der Waals surface area contributed by atoms with Crippen LogP contribution in [0.2, 0.25) is 0 Å². The summed E-state index contributed by atoms with van der Waals surface area (Å²) in [6.07, 6.45) is 0. The second-order valence-corrected chi connectivity index (χ2v) is 4.20. The lowest BCUT2D eigenvalue weighted by atomic mass is 10.1. The second kappa shape index (κ2) is 6.08. The molecule has 2 rings (SSSR count). The van der Waals surface area contributed by atoms with Gasteiger partial charge in [0.2, 0.25) is 0 Å². The molecule has 0 aromatic heterocycles. The summed E-state index contributed by atoms with van der Waals surface area (Å²) in [5.74, 6) is 0.581. The van der Waals surface area contributed by atoms with E-state index in [2.05, 4.69) is 5.32 Å². The first-order valence-electron chi connectivity index (χ1n) is 6.14. The number of carbonyl (C=O) groups excluding carboxylic acids is 1. The number of rotatable bonds is 4. The third kappa shape index (κ3) is 2.89. The zero-order valence-electron chi connectivity index (χ0n) is 11.1. The van der Waals surface area contributed by atoms with E-state index >= 15 is 0 Å². The standard InChI is InChI=1S/C15H16N2O3/c1-17-15(19)12-7-6-11(16)8-14(12)20-13-5-3-2-4-10(13)9-18/h2-8,18H,9,16H2,1H3,(H,17,19). The van der Waals surface area contributed by atoms with E-state index in [-0.39, 0.29) is 12.5 Å². The lowest BCUT2D eigenvalue weighted by Crippen LogP contribution is -2.18. The van der Waals surface area contributed by atoms with Crippen LogP contribution in [0.15, 0.2) is 42.5 Å². The smallest absolute Gasteiger partial charge is 0.254 e. The number of carbonyl (C=O) groups is 1. The summed E-state index contributed by atoms with van der Waals surface area (Å²) >= 11 is 0. The molecule has 1 amide bonds. The Hall–Kier alpha value is -2.53. The van der Waals surface area contributed by atoms with Gasteiger partial charge in [-0.3, -0.25) is 4.79 Å². The van der Waals surface area contributed by atoms with Crippen molar-refractivity contribution in [1.82, 2.24) is 5.32 Å². The first kappa shape index (κ1) is 13.9. The van der Waals surface area contributed by atoms with Crippen LogP contribution in [0.5, 0.6) is 11.5 Å². The zero-order chi connectivity index (χ0) is 14.5. The highest BCUT2D eigenvalue weighted by Gasteiger charge is 2.13. The van der Waals surface area contributed by atoms with Crippen LogP contribution in [0.3, 0.4) is 0 Å². The van der Waals surface area contributed by atoms with Crippen molar-refractivity contribution in [3.63, 3.8) is 0 Å². The molecule has 0 bridgehead atoms. The highest BCUT2D eigenvalue weighted by Crippen LogP contribution is 2.29. The van der Waals surface area contributed by atoms with Crippen LogP contribution in [0.25, 0.3) is 0 Å². The molecule has 0 atom stereocenters. The number of nitrogens with one attached hydrogen (secondary N) is 1. The summed E-state index contributed by atoms with van der Waals surface area (Å²) < 4.78 is 5.73. The Bertz CT molecular complexity index is 626. The fraction of sp³-hybridized carbons (Fsp3) is 0.133. The van der Waals surface area contributed by atoms with Gasteiger partial charge < -0.3 is 20.9 Å². The lowest BCUT2D eigenvalue weighted by molar-refractivity contribution is 0.0961. The number of nitrogen functional groups attached to an aromatic ring is 1. The molecule has 0 spiro atoms. The highest BCUT2D eigenvalue weighted by atomic mass is 16.5. The van der Waals surface area contributed by atoms with E-state index in [9.17, 15) is 9.90 Å². The van der Waals surface area contributed by atoms with Gasteiger partial charge in [0.25, 0.3) is 5.91 Å². The quantitative estimate of drug-likeness (QED) is 0.742. The molecular weight excluding hydrogens is 256 g/mol. The van der Waals surface area contributed by atoms with Crippen LogP contribution in [0.4, 0.5) is 5.69 Å². The Balaban J connectivity index is 2.42. The maximum atomic E-state index is 11.8. The van der Waals surface area contributed by atoms with E-state index in [1.807, 2.05) is 0 Å². The number of aliphatic hydroxyl groups is 1. The van der Waals surface area contributed by atoms with Crippen molar-refractivity contribution < 1.29 is 14.6 Å². The first-order chi connectivity index (χ1) is 9.65. The van der Waals surface area contributed by atoms with E-state index in [0.717, 1.165) is 0 Å². The number of para-hydroxylation sites is 1. The summed E-state index contributed by atoms with van der Waals surface area (Å²) in [6, 6.07) is 11.9. The van der Waals surface area contributed by atoms with Crippen molar-refractivity contribution in [2.24, 2.45) is 0 Å². The van der Waals surface area contributed by atoms with Crippen molar-refractivity contribution >= 4 is 11.6 Å². The molecule has 104 valence electrons. The Morgan fingerprint density at radius 1 is 1.25 bits per heavy atom. The maximum absolute atomic E-state index is 11.8. The number of benzene rings is 2. The monoisotopic (exact) mass is 272 g/mol. The minimum Gasteiger partial charge on any atom is -0.456 e. The number of aliphatic hydroxyl groups excluding tert-OH is 1. The number of anilines is 1. The SMILES string of the molecule is CNC(=O)c1ccc(N)cc1Oc1ccccc1CO. The lowest BCUT2D eigenvalue weighted by Gasteiger charge is -2.13. The molecule has 0 radical (unpaired) electrons. The van der Waals surface area contributed by atoms with E-state index in [1.54, 1.807) is 49.5 Å². The molecular formula is C15H16N2O3. The summed E-state index contributed by atoms with van der Waals surface area (Å²) in [7, 11) is 1.55. The maximum Gasteiger partial charge on any atom is 0.254 e. The summed E-state index contributed by atoms with van der Waals surface area (Å²) in [5, 5.41) is 11.8. The third-order valence-corrected chi connectivity index (χ3v) is 2.84. The Morgan fingerprint density at radius 2 is 2.00 bits per heavy atom. The molecule has 0 aliphatic rings. The van der Waals surface area contributed by atoms with Crippen LogP contribution in [-0.4, -0.2) is 18.1 Å². The molecule has 0 unspecified atom stereocenters. The van der Waals surface area contributed by atoms with E-state index in [1.165, 1.54) is 0 Å². The molecule has 2 aromatic rings. The van der Waals surface area contributed by atoms with Crippen molar-refractivity contribution in [1.29, 1.82) is 0 Å². The molecule has 0 aliphatic heterocycles. The van der Waals surface area contributed by atoms with Gasteiger partial charge in [0.1, 0.15) is 11.5 Å². The van der Waals surface area contributed by atoms with Crippen molar-refractivity contribution in [3.8, 4) is 11.5 Å². The van der Waals surface area contributed by atoms with Crippen LogP contribution in [0.1, 0.15) is 15.9 Å². The van der Waals surface area contributed by atoms with Crippen LogP contribution >= 0.6 is 0 Å². The molecule has 20 heavy (non-hydrogen) atoms. The molecule has 0 saturated carbocycles. The number of ether oxygens (including phenoxy) is 1. The molecule has 5 nitrogen and oxygen atoms in total. The number of hydrogen-bond acceptors (Lipinski definition) is 4. The van der Waals surface area contributed by atoms with E-state index < -0.39 is 0 Å². The van der Waals surface area contributed by atoms with E-state index in [4.69, 9.17) is 10.5 Å². The van der Waals surface area contributed by atoms with Gasteiger partial charge in [-0.1, -0.05) is 18.2 Å². The summed E-state index contributed by atoms with van der Waals surface area (Å²) in [5.41, 5.74) is 7.25. The van der Waals surface area contributed by atoms with Crippen LogP contribution in [-0.2, 0) is 6.61 Å². The van der Waals surface area contributed by atoms with E-state index in [0.29, 0.717) is 28.3 Å². The highest BCUT2D eigenvalue weighted by molar-refractivity contribution is 5.97. The zero-order valence-corrected chi connectivity index (χ0v) is 11.1. The van der Waals surface area contributed by atoms with Crippen LogP contribution < -0.4 is 15.8 Å². The fourth-order valence-electron chi connectivity index (χ4n) is 1.80. The molecule has 0 aliphatic carbocycles. The van der Waals surface area contributed by atoms with Crippen LogP contribution in [0, 0.1) is 0 Å². The molecule has 2 aromatic carbocycles. The van der Waals surface area contributed by atoms with Gasteiger partial charge in [-0.15, -0.1) is 0 Å². The molecule has 0 saturated heterocycles. The molecule has 0 heterocycles. The second-order valence-electron chi connectivity index (χ2n) is 4.20. The average Bonchev–Trinajstić information content (AvgIpc) is 2.47. The first-order valence-corrected chi connectivity index (χ1v) is 6.14.